The van der Waals surface area contributed by atoms with Crippen molar-refractivity contribution in [2.45, 2.75) is 35.0 Å². The minimum atomic E-state index is 0.129. The van der Waals surface area contributed by atoms with Crippen LogP contribution in [0.3, 0.4) is 0 Å². The summed E-state index contributed by atoms with van der Waals surface area (Å²) in [6.07, 6.45) is 0.924. The molecule has 7 heteroatoms. The van der Waals surface area contributed by atoms with Crippen molar-refractivity contribution in [3.8, 4) is 0 Å². The molecule has 0 fully saturated rings. The van der Waals surface area contributed by atoms with Crippen LogP contribution in [0.5, 0.6) is 0 Å². The number of thioether (sulfide) groups is 2. The van der Waals surface area contributed by atoms with Crippen molar-refractivity contribution in [3.63, 3.8) is 0 Å². The summed E-state index contributed by atoms with van der Waals surface area (Å²) in [5.41, 5.74) is 3.41. The average molecular weight is 378 g/mol. The minimum Gasteiger partial charge on any atom is -0.308 e. The smallest absolute Gasteiger partial charge is 0.237 e. The molecule has 1 unspecified atom stereocenters. The van der Waals surface area contributed by atoms with E-state index < -0.39 is 0 Å². The van der Waals surface area contributed by atoms with E-state index in [9.17, 15) is 4.79 Å². The molecule has 4 nitrogen and oxygen atoms in total. The molecule has 0 bridgehead atoms. The Kier molecular flexibility index (Phi) is 5.63. The van der Waals surface area contributed by atoms with Gasteiger partial charge in [0, 0.05) is 17.5 Å². The Bertz CT molecular complexity index is 759. The van der Waals surface area contributed by atoms with Crippen molar-refractivity contribution < 1.29 is 4.79 Å². The van der Waals surface area contributed by atoms with Crippen molar-refractivity contribution in [1.29, 1.82) is 0 Å². The fourth-order valence-electron chi connectivity index (χ4n) is 2.64. The molecule has 1 atom stereocenters. The highest BCUT2D eigenvalue weighted by atomic mass is 32.2. The maximum atomic E-state index is 12.7. The van der Waals surface area contributed by atoms with E-state index in [-0.39, 0.29) is 11.9 Å². The van der Waals surface area contributed by atoms with E-state index in [2.05, 4.69) is 29.8 Å². The van der Waals surface area contributed by atoms with Crippen molar-refractivity contribution in [2.24, 2.45) is 0 Å². The summed E-state index contributed by atoms with van der Waals surface area (Å²) in [6.45, 7) is 7.98. The van der Waals surface area contributed by atoms with Gasteiger partial charge in [0.1, 0.15) is 0 Å². The van der Waals surface area contributed by atoms with Crippen LogP contribution in [0.2, 0.25) is 0 Å². The number of hydrogen-bond acceptors (Lipinski definition) is 6. The first kappa shape index (κ1) is 17.5. The summed E-state index contributed by atoms with van der Waals surface area (Å²) < 4.78 is 1.76. The third-order valence-electron chi connectivity index (χ3n) is 3.63. The number of anilines is 1. The van der Waals surface area contributed by atoms with Crippen LogP contribution in [0.15, 0.2) is 45.1 Å². The number of benzene rings is 1. The topological polar surface area (TPSA) is 46.1 Å². The predicted octanol–water partition coefficient (Wildman–Crippen LogP) is 4.28. The highest BCUT2D eigenvalue weighted by molar-refractivity contribution is 8.03. The summed E-state index contributed by atoms with van der Waals surface area (Å²) in [5, 5.41) is 8.33. The lowest BCUT2D eigenvalue weighted by molar-refractivity contribution is -0.116. The van der Waals surface area contributed by atoms with Gasteiger partial charge in [-0.15, -0.1) is 10.2 Å². The van der Waals surface area contributed by atoms with Crippen LogP contribution in [0.25, 0.3) is 0 Å². The molecule has 1 amide bonds. The molecule has 0 spiro atoms. The number of carbonyl (C=O) groups excluding carboxylic acids is 1. The van der Waals surface area contributed by atoms with Gasteiger partial charge in [0.25, 0.3) is 0 Å². The molecule has 126 valence electrons. The Morgan fingerprint density at radius 2 is 1.96 bits per heavy atom. The van der Waals surface area contributed by atoms with Crippen molar-refractivity contribution in [3.05, 3.63) is 42.0 Å². The highest BCUT2D eigenvalue weighted by Gasteiger charge is 2.30. The van der Waals surface area contributed by atoms with Crippen LogP contribution in [0.1, 0.15) is 19.4 Å². The fraction of sp³-hybridized carbons (Fsp3) is 0.353. The van der Waals surface area contributed by atoms with E-state index in [0.29, 0.717) is 5.75 Å². The van der Waals surface area contributed by atoms with Gasteiger partial charge < -0.3 is 4.90 Å². The number of para-hydroxylation sites is 1. The summed E-state index contributed by atoms with van der Waals surface area (Å²) in [6, 6.07) is 8.35. The van der Waals surface area contributed by atoms with Gasteiger partial charge in [0.05, 0.1) is 5.75 Å². The Labute approximate surface area is 154 Å². The molecule has 0 saturated carbocycles. The second kappa shape index (κ2) is 7.72. The average Bonchev–Trinajstić information content (AvgIpc) is 3.13. The molecule has 1 aliphatic rings. The summed E-state index contributed by atoms with van der Waals surface area (Å²) in [4.78, 5) is 14.6. The van der Waals surface area contributed by atoms with Gasteiger partial charge >= 0.3 is 0 Å². The predicted molar refractivity (Wildman–Crippen MR) is 103 cm³/mol. The maximum absolute atomic E-state index is 12.7. The third kappa shape index (κ3) is 4.02. The Hall–Kier alpha value is -1.31. The molecule has 2 heterocycles. The van der Waals surface area contributed by atoms with Gasteiger partial charge in [-0.05, 0) is 31.9 Å². The molecule has 1 aromatic heterocycles. The van der Waals surface area contributed by atoms with Crippen LogP contribution in [-0.4, -0.2) is 33.7 Å². The van der Waals surface area contributed by atoms with Crippen LogP contribution in [-0.2, 0) is 11.2 Å². The van der Waals surface area contributed by atoms with Crippen molar-refractivity contribution >= 4 is 46.5 Å². The lowest BCUT2D eigenvalue weighted by Crippen LogP contribution is -2.36. The number of carbonyl (C=O) groups is 1. The number of rotatable bonds is 6. The molecular weight excluding hydrogens is 358 g/mol. The number of nitrogens with zero attached hydrogens (tertiary/aromatic N) is 3. The summed E-state index contributed by atoms with van der Waals surface area (Å²) in [5.74, 6) is 1.36. The van der Waals surface area contributed by atoms with Crippen LogP contribution < -0.4 is 4.90 Å². The zero-order valence-corrected chi connectivity index (χ0v) is 16.1. The molecule has 0 N–H and O–H groups in total. The largest absolute Gasteiger partial charge is 0.308 e. The fourth-order valence-corrected chi connectivity index (χ4v) is 5.36. The number of aromatic nitrogens is 2. The van der Waals surface area contributed by atoms with Crippen LogP contribution in [0, 0.1) is 0 Å². The number of hydrogen-bond donors (Lipinski definition) is 0. The molecule has 1 aromatic carbocycles. The van der Waals surface area contributed by atoms with Gasteiger partial charge in [0.2, 0.25) is 5.91 Å². The van der Waals surface area contributed by atoms with Gasteiger partial charge in [-0.25, -0.2) is 0 Å². The molecule has 0 saturated heterocycles. The Morgan fingerprint density at radius 1 is 1.29 bits per heavy atom. The molecule has 24 heavy (non-hydrogen) atoms. The highest BCUT2D eigenvalue weighted by Crippen LogP contribution is 2.34. The van der Waals surface area contributed by atoms with Gasteiger partial charge in [-0.1, -0.05) is 65.2 Å². The zero-order chi connectivity index (χ0) is 17.1. The first-order valence-electron chi connectivity index (χ1n) is 7.68. The van der Waals surface area contributed by atoms with E-state index in [0.717, 1.165) is 32.1 Å². The quantitative estimate of drug-likeness (QED) is 0.555. The molecule has 3 rings (SSSR count). The summed E-state index contributed by atoms with van der Waals surface area (Å²) in [7, 11) is 0. The lowest BCUT2D eigenvalue weighted by atomic mass is 10.1. The second-order valence-corrected chi connectivity index (χ2v) is 9.24. The maximum Gasteiger partial charge on any atom is 0.237 e. The number of amides is 1. The normalized spacial score (nSPS) is 16.2. The van der Waals surface area contributed by atoms with Crippen LogP contribution in [0.4, 0.5) is 5.69 Å². The van der Waals surface area contributed by atoms with Crippen molar-refractivity contribution in [1.82, 2.24) is 10.2 Å². The summed E-state index contributed by atoms with van der Waals surface area (Å²) >= 11 is 4.64. The molecule has 2 aromatic rings. The standard InChI is InChI=1S/C17H19N3OS3/c1-11(2)9-22-16-18-19-17(24-16)23-10-15(21)20-12(3)8-13-6-4-5-7-14(13)20/h4-7,12H,1,8-10H2,2-3H3. The third-order valence-corrected chi connectivity index (χ3v) is 7.03. The number of fused-ring (bicyclic) bond motifs is 1. The van der Waals surface area contributed by atoms with Crippen molar-refractivity contribution in [2.75, 3.05) is 16.4 Å². The zero-order valence-electron chi connectivity index (χ0n) is 13.7. The van der Waals surface area contributed by atoms with E-state index in [4.69, 9.17) is 0 Å². The Morgan fingerprint density at radius 3 is 2.67 bits per heavy atom. The van der Waals surface area contributed by atoms with E-state index in [1.165, 1.54) is 28.7 Å². The first-order valence-corrected chi connectivity index (χ1v) is 10.5. The molecular formula is C17H19N3OS3. The molecule has 0 aliphatic carbocycles. The van der Waals surface area contributed by atoms with Gasteiger partial charge in [-0.3, -0.25) is 4.79 Å². The van der Waals surface area contributed by atoms with E-state index in [1.54, 1.807) is 11.8 Å². The first-order chi connectivity index (χ1) is 11.5. The van der Waals surface area contributed by atoms with E-state index in [1.807, 2.05) is 30.0 Å². The van der Waals surface area contributed by atoms with E-state index >= 15 is 0 Å². The Balaban J connectivity index is 1.59. The lowest BCUT2D eigenvalue weighted by Gasteiger charge is -2.22. The van der Waals surface area contributed by atoms with Gasteiger partial charge in [-0.2, -0.15) is 0 Å². The second-order valence-electron chi connectivity index (χ2n) is 5.81. The molecule has 1 aliphatic heterocycles. The van der Waals surface area contributed by atoms with Crippen LogP contribution >= 0.6 is 34.9 Å². The SMILES string of the molecule is C=C(C)CSc1nnc(SCC(=O)N2c3ccccc3CC2C)s1. The van der Waals surface area contributed by atoms with Gasteiger partial charge in [0.15, 0.2) is 8.68 Å². The molecule has 0 radical (unpaired) electrons. The monoisotopic (exact) mass is 377 g/mol. The minimum absolute atomic E-state index is 0.129.